The molecule has 0 heterocycles. The van der Waals surface area contributed by atoms with Gasteiger partial charge in [0.05, 0.1) is 0 Å². The highest BCUT2D eigenvalue weighted by atomic mass is 35.5. The van der Waals surface area contributed by atoms with Crippen molar-refractivity contribution < 1.29 is 4.79 Å². The fourth-order valence-corrected chi connectivity index (χ4v) is 2.70. The molecule has 4 N–H and O–H groups in total. The Morgan fingerprint density at radius 2 is 1.86 bits per heavy atom. The lowest BCUT2D eigenvalue weighted by Gasteiger charge is -2.25. The molecule has 0 aromatic heterocycles. The second-order valence-corrected chi connectivity index (χ2v) is 5.56. The van der Waals surface area contributed by atoms with Crippen LogP contribution < -0.4 is 16.4 Å². The molecule has 0 saturated heterocycles. The van der Waals surface area contributed by atoms with Gasteiger partial charge >= 0.3 is 0 Å². The summed E-state index contributed by atoms with van der Waals surface area (Å²) < 4.78 is 0. The Hall–Kier alpha value is -0.970. The average Bonchev–Trinajstić information content (AvgIpc) is 2.48. The number of amides is 1. The Morgan fingerprint density at radius 1 is 1.14 bits per heavy atom. The minimum atomic E-state index is 0. The molecule has 2 unspecified atom stereocenters. The van der Waals surface area contributed by atoms with Gasteiger partial charge in [0.25, 0.3) is 0 Å². The third-order valence-electron chi connectivity index (χ3n) is 3.84. The lowest BCUT2D eigenvalue weighted by molar-refractivity contribution is -0.126. The summed E-state index contributed by atoms with van der Waals surface area (Å²) in [6.45, 7) is 1.60. The number of halogens is 2. The number of carbonyl (C=O) groups is 1. The van der Waals surface area contributed by atoms with Crippen LogP contribution in [0.5, 0.6) is 0 Å². The topological polar surface area (TPSA) is 67.2 Å². The zero-order valence-electron chi connectivity index (χ0n) is 12.8. The second-order valence-electron chi connectivity index (χ2n) is 5.56. The second kappa shape index (κ2) is 11.6. The summed E-state index contributed by atoms with van der Waals surface area (Å²) in [4.78, 5) is 12.0. The van der Waals surface area contributed by atoms with Crippen LogP contribution in [0.25, 0.3) is 0 Å². The van der Waals surface area contributed by atoms with Gasteiger partial charge < -0.3 is 16.4 Å². The molecule has 0 bridgehead atoms. The molecule has 4 nitrogen and oxygen atoms in total. The van der Waals surface area contributed by atoms with Crippen LogP contribution >= 0.6 is 24.8 Å². The van der Waals surface area contributed by atoms with Crippen molar-refractivity contribution in [2.75, 3.05) is 18.4 Å². The molecule has 1 aliphatic rings. The molecule has 1 fully saturated rings. The molecule has 1 aliphatic carbocycles. The highest BCUT2D eigenvalue weighted by Gasteiger charge is 2.24. The van der Waals surface area contributed by atoms with E-state index in [1.165, 1.54) is 0 Å². The van der Waals surface area contributed by atoms with Crippen molar-refractivity contribution in [1.29, 1.82) is 0 Å². The van der Waals surface area contributed by atoms with Gasteiger partial charge in [-0.1, -0.05) is 24.6 Å². The molecule has 22 heavy (non-hydrogen) atoms. The predicted molar refractivity (Wildman–Crippen MR) is 97.0 cm³/mol. The quantitative estimate of drug-likeness (QED) is 0.693. The third-order valence-corrected chi connectivity index (χ3v) is 3.84. The lowest BCUT2D eigenvalue weighted by atomic mass is 9.85. The molecule has 1 aromatic rings. The fourth-order valence-electron chi connectivity index (χ4n) is 2.70. The number of rotatable bonds is 6. The highest BCUT2D eigenvalue weighted by molar-refractivity contribution is 5.85. The SMILES string of the molecule is Cl.Cl.NC1CCCC(C(=O)NCCCNc2ccccc2)C1. The number of hydrogen-bond donors (Lipinski definition) is 3. The van der Waals surface area contributed by atoms with E-state index in [9.17, 15) is 4.79 Å². The largest absolute Gasteiger partial charge is 0.385 e. The monoisotopic (exact) mass is 347 g/mol. The van der Waals surface area contributed by atoms with Gasteiger partial charge in [0.2, 0.25) is 5.91 Å². The van der Waals surface area contributed by atoms with E-state index in [2.05, 4.69) is 10.6 Å². The van der Waals surface area contributed by atoms with Crippen molar-refractivity contribution in [1.82, 2.24) is 5.32 Å². The molecule has 0 aliphatic heterocycles. The molecule has 0 spiro atoms. The van der Waals surface area contributed by atoms with Gasteiger partial charge in [-0.2, -0.15) is 0 Å². The van der Waals surface area contributed by atoms with Crippen LogP contribution in [0, 0.1) is 5.92 Å². The van der Waals surface area contributed by atoms with E-state index >= 15 is 0 Å². The van der Waals surface area contributed by atoms with Gasteiger partial charge in [-0.15, -0.1) is 24.8 Å². The number of anilines is 1. The van der Waals surface area contributed by atoms with Crippen LogP contribution in [-0.2, 0) is 4.79 Å². The van der Waals surface area contributed by atoms with E-state index in [1.54, 1.807) is 0 Å². The Bertz CT molecular complexity index is 417. The first kappa shape index (κ1) is 21.0. The Morgan fingerprint density at radius 3 is 2.55 bits per heavy atom. The minimum absolute atomic E-state index is 0. The molecule has 2 rings (SSSR count). The highest BCUT2D eigenvalue weighted by Crippen LogP contribution is 2.22. The van der Waals surface area contributed by atoms with Crippen molar-refractivity contribution in [3.63, 3.8) is 0 Å². The molecule has 0 radical (unpaired) electrons. The van der Waals surface area contributed by atoms with E-state index in [0.29, 0.717) is 0 Å². The van der Waals surface area contributed by atoms with Gasteiger partial charge in [-0.3, -0.25) is 4.79 Å². The summed E-state index contributed by atoms with van der Waals surface area (Å²) in [7, 11) is 0. The van der Waals surface area contributed by atoms with Gasteiger partial charge in [-0.05, 0) is 37.8 Å². The molecular formula is C16H27Cl2N3O. The summed E-state index contributed by atoms with van der Waals surface area (Å²) in [5.74, 6) is 0.306. The summed E-state index contributed by atoms with van der Waals surface area (Å²) in [5.41, 5.74) is 7.04. The van der Waals surface area contributed by atoms with E-state index in [4.69, 9.17) is 5.73 Å². The third kappa shape index (κ3) is 7.34. The van der Waals surface area contributed by atoms with Crippen molar-refractivity contribution in [2.45, 2.75) is 38.1 Å². The first-order chi connectivity index (χ1) is 9.75. The standard InChI is InChI=1S/C16H25N3O.2ClH/c17-14-7-4-6-13(12-14)16(20)19-11-5-10-18-15-8-2-1-3-9-15;;/h1-3,8-9,13-14,18H,4-7,10-12,17H2,(H,19,20);2*1H. The van der Waals surface area contributed by atoms with E-state index < -0.39 is 0 Å². The van der Waals surface area contributed by atoms with Crippen LogP contribution in [0.1, 0.15) is 32.1 Å². The van der Waals surface area contributed by atoms with Crippen molar-refractivity contribution >= 4 is 36.4 Å². The van der Waals surface area contributed by atoms with Crippen molar-refractivity contribution in [3.8, 4) is 0 Å². The molecule has 1 amide bonds. The van der Waals surface area contributed by atoms with E-state index in [-0.39, 0.29) is 42.7 Å². The lowest BCUT2D eigenvalue weighted by Crippen LogP contribution is -2.38. The molecular weight excluding hydrogens is 321 g/mol. The molecule has 6 heteroatoms. The maximum atomic E-state index is 12.0. The number of nitrogens with two attached hydrogens (primary N) is 1. The average molecular weight is 348 g/mol. The first-order valence-corrected chi connectivity index (χ1v) is 7.58. The number of carbonyl (C=O) groups excluding carboxylic acids is 1. The summed E-state index contributed by atoms with van der Waals surface area (Å²) in [6, 6.07) is 10.3. The zero-order chi connectivity index (χ0) is 14.2. The van der Waals surface area contributed by atoms with Crippen molar-refractivity contribution in [2.24, 2.45) is 11.7 Å². The first-order valence-electron chi connectivity index (χ1n) is 7.58. The van der Waals surface area contributed by atoms with Crippen LogP contribution in [0.4, 0.5) is 5.69 Å². The number of benzene rings is 1. The number of para-hydroxylation sites is 1. The van der Waals surface area contributed by atoms with Gasteiger partial charge in [0.1, 0.15) is 0 Å². The van der Waals surface area contributed by atoms with Crippen LogP contribution in [0.2, 0.25) is 0 Å². The van der Waals surface area contributed by atoms with Crippen LogP contribution in [-0.4, -0.2) is 25.0 Å². The van der Waals surface area contributed by atoms with Gasteiger partial charge in [0.15, 0.2) is 0 Å². The summed E-state index contributed by atoms with van der Waals surface area (Å²) in [6.07, 6.45) is 4.90. The minimum Gasteiger partial charge on any atom is -0.385 e. The fraction of sp³-hybridized carbons (Fsp3) is 0.562. The maximum Gasteiger partial charge on any atom is 0.223 e. The summed E-state index contributed by atoms with van der Waals surface area (Å²) >= 11 is 0. The normalized spacial score (nSPS) is 20.2. The summed E-state index contributed by atoms with van der Waals surface area (Å²) in [5, 5.41) is 6.36. The maximum absolute atomic E-state index is 12.0. The number of hydrogen-bond acceptors (Lipinski definition) is 3. The van der Waals surface area contributed by atoms with Crippen LogP contribution in [0.15, 0.2) is 30.3 Å². The smallest absolute Gasteiger partial charge is 0.223 e. The van der Waals surface area contributed by atoms with Gasteiger partial charge in [-0.25, -0.2) is 0 Å². The van der Waals surface area contributed by atoms with E-state index in [1.807, 2.05) is 30.3 Å². The molecule has 1 saturated carbocycles. The van der Waals surface area contributed by atoms with Crippen molar-refractivity contribution in [3.05, 3.63) is 30.3 Å². The Kier molecular flexibility index (Phi) is 11.1. The Balaban J connectivity index is 0.00000220. The van der Waals surface area contributed by atoms with Gasteiger partial charge in [0, 0.05) is 30.7 Å². The molecule has 1 aromatic carbocycles. The molecule has 126 valence electrons. The van der Waals surface area contributed by atoms with Crippen LogP contribution in [0.3, 0.4) is 0 Å². The number of nitrogens with one attached hydrogen (secondary N) is 2. The molecule has 2 atom stereocenters. The van der Waals surface area contributed by atoms with E-state index in [0.717, 1.165) is 50.9 Å². The predicted octanol–water partition coefficient (Wildman–Crippen LogP) is 2.97. The zero-order valence-corrected chi connectivity index (χ0v) is 14.4. The Labute approximate surface area is 145 Å².